The van der Waals surface area contributed by atoms with E-state index in [2.05, 4.69) is 41.0 Å². The maximum atomic E-state index is 12.9. The van der Waals surface area contributed by atoms with E-state index in [1.807, 2.05) is 18.7 Å². The summed E-state index contributed by atoms with van der Waals surface area (Å²) in [6.07, 6.45) is 1.98. The predicted molar refractivity (Wildman–Crippen MR) is 148 cm³/mol. The molecular formula is C29H40N4O5. The fourth-order valence-corrected chi connectivity index (χ4v) is 4.90. The molecule has 0 N–H and O–H groups in total. The molecule has 9 heteroatoms. The number of piperidine rings is 1. The molecule has 2 saturated heterocycles. The second-order valence-corrected chi connectivity index (χ2v) is 10.7. The molecule has 0 spiro atoms. The number of ether oxygens (including phenoxy) is 2. The summed E-state index contributed by atoms with van der Waals surface area (Å²) >= 11 is 0. The van der Waals surface area contributed by atoms with E-state index >= 15 is 0 Å². The molecule has 0 bridgehead atoms. The van der Waals surface area contributed by atoms with E-state index < -0.39 is 4.92 Å². The molecule has 0 unspecified atom stereocenters. The average Bonchev–Trinajstić information content (AvgIpc) is 2.91. The molecule has 2 aliphatic rings. The summed E-state index contributed by atoms with van der Waals surface area (Å²) in [6.45, 7) is 12.5. The third kappa shape index (κ3) is 7.60. The number of benzene rings is 2. The number of rotatable bonds is 10. The number of nitro benzene ring substituents is 1. The number of carbonyl (C=O) groups is 1. The van der Waals surface area contributed by atoms with E-state index in [-0.39, 0.29) is 29.4 Å². The van der Waals surface area contributed by atoms with Crippen molar-refractivity contribution in [3.05, 3.63) is 58.1 Å². The standard InChI is InChI=1S/C29H40N4O5/c1-22(2)21-37-28-20-26(8-9-27(28)33(35)36)38-25-10-14-32(15-11-25)29(34)12-13-30-16-18-31(19-17-30)24-6-4-23(3)5-7-24/h4-9,20,22,25H,10-19,21H2,1-3H3. The van der Waals surface area contributed by atoms with Crippen molar-refractivity contribution < 1.29 is 19.2 Å². The summed E-state index contributed by atoms with van der Waals surface area (Å²) < 4.78 is 11.8. The largest absolute Gasteiger partial charge is 0.490 e. The van der Waals surface area contributed by atoms with E-state index in [4.69, 9.17) is 9.47 Å². The smallest absolute Gasteiger partial charge is 0.311 e. The Morgan fingerprint density at radius 3 is 2.34 bits per heavy atom. The van der Waals surface area contributed by atoms with Gasteiger partial charge in [0.1, 0.15) is 11.9 Å². The van der Waals surface area contributed by atoms with Gasteiger partial charge in [0.05, 0.1) is 11.5 Å². The van der Waals surface area contributed by atoms with Crippen LogP contribution in [0.4, 0.5) is 11.4 Å². The zero-order valence-electron chi connectivity index (χ0n) is 22.8. The van der Waals surface area contributed by atoms with Gasteiger partial charge in [-0.2, -0.15) is 0 Å². The van der Waals surface area contributed by atoms with E-state index in [1.54, 1.807) is 12.1 Å². The minimum atomic E-state index is -0.437. The van der Waals surface area contributed by atoms with Gasteiger partial charge in [-0.1, -0.05) is 31.5 Å². The molecule has 0 aromatic heterocycles. The summed E-state index contributed by atoms with van der Waals surface area (Å²) in [5.41, 5.74) is 2.48. The molecule has 2 heterocycles. The third-order valence-corrected chi connectivity index (χ3v) is 7.21. The topological polar surface area (TPSA) is 88.4 Å². The van der Waals surface area contributed by atoms with Gasteiger partial charge in [-0.05, 0) is 31.0 Å². The summed E-state index contributed by atoms with van der Waals surface area (Å²) in [6, 6.07) is 13.3. The van der Waals surface area contributed by atoms with Crippen LogP contribution in [0.15, 0.2) is 42.5 Å². The minimum Gasteiger partial charge on any atom is -0.490 e. The Balaban J connectivity index is 1.19. The molecule has 2 fully saturated rings. The van der Waals surface area contributed by atoms with Gasteiger partial charge >= 0.3 is 5.69 Å². The molecule has 0 aliphatic carbocycles. The Labute approximate surface area is 225 Å². The Bertz CT molecular complexity index is 1070. The lowest BCUT2D eigenvalue weighted by atomic mass is 10.1. The molecule has 0 radical (unpaired) electrons. The molecule has 38 heavy (non-hydrogen) atoms. The van der Waals surface area contributed by atoms with Gasteiger partial charge in [0.2, 0.25) is 11.7 Å². The van der Waals surface area contributed by atoms with Crippen LogP contribution in [0.2, 0.25) is 0 Å². The number of anilines is 1. The highest BCUT2D eigenvalue weighted by molar-refractivity contribution is 5.76. The van der Waals surface area contributed by atoms with E-state index in [0.717, 1.165) is 45.6 Å². The van der Waals surface area contributed by atoms with Gasteiger partial charge in [0.25, 0.3) is 0 Å². The molecule has 0 atom stereocenters. The Morgan fingerprint density at radius 2 is 1.71 bits per heavy atom. The lowest BCUT2D eigenvalue weighted by molar-refractivity contribution is -0.385. The molecular weight excluding hydrogens is 484 g/mol. The quantitative estimate of drug-likeness (QED) is 0.334. The van der Waals surface area contributed by atoms with Gasteiger partial charge in [0, 0.05) is 82.9 Å². The number of nitro groups is 1. The Hall–Kier alpha value is -3.33. The SMILES string of the molecule is Cc1ccc(N2CCN(CCC(=O)N3CCC(Oc4ccc([N+](=O)[O-])c(OCC(C)C)c4)CC3)CC2)cc1. The molecule has 0 saturated carbocycles. The monoisotopic (exact) mass is 524 g/mol. The van der Waals surface area contributed by atoms with Crippen LogP contribution in [0.3, 0.4) is 0 Å². The predicted octanol–water partition coefficient (Wildman–Crippen LogP) is 4.52. The second-order valence-electron chi connectivity index (χ2n) is 10.7. The average molecular weight is 525 g/mol. The molecule has 1 amide bonds. The number of amides is 1. The fourth-order valence-electron chi connectivity index (χ4n) is 4.90. The summed E-state index contributed by atoms with van der Waals surface area (Å²) in [7, 11) is 0. The summed E-state index contributed by atoms with van der Waals surface area (Å²) in [5.74, 6) is 1.24. The second kappa shape index (κ2) is 13.0. The summed E-state index contributed by atoms with van der Waals surface area (Å²) in [5, 5.41) is 11.3. The number of carbonyl (C=O) groups excluding carboxylic acids is 1. The van der Waals surface area contributed by atoms with Crippen LogP contribution in [0, 0.1) is 23.0 Å². The van der Waals surface area contributed by atoms with Gasteiger partial charge in [0.15, 0.2) is 0 Å². The Kier molecular flexibility index (Phi) is 9.44. The van der Waals surface area contributed by atoms with Crippen molar-refractivity contribution in [1.82, 2.24) is 9.80 Å². The van der Waals surface area contributed by atoms with E-state index in [1.165, 1.54) is 17.3 Å². The molecule has 206 valence electrons. The van der Waals surface area contributed by atoms with Gasteiger partial charge < -0.3 is 19.3 Å². The van der Waals surface area contributed by atoms with Crippen molar-refractivity contribution in [2.24, 2.45) is 5.92 Å². The zero-order chi connectivity index (χ0) is 27.1. The van der Waals surface area contributed by atoms with Crippen molar-refractivity contribution in [3.63, 3.8) is 0 Å². The van der Waals surface area contributed by atoms with Crippen molar-refractivity contribution in [2.45, 2.75) is 46.1 Å². The highest BCUT2D eigenvalue weighted by Crippen LogP contribution is 2.33. The highest BCUT2D eigenvalue weighted by atomic mass is 16.6. The maximum Gasteiger partial charge on any atom is 0.311 e. The molecule has 2 aromatic carbocycles. The molecule has 9 nitrogen and oxygen atoms in total. The first kappa shape index (κ1) is 27.7. The van der Waals surface area contributed by atoms with Crippen LogP contribution in [0.5, 0.6) is 11.5 Å². The van der Waals surface area contributed by atoms with Crippen LogP contribution in [-0.4, -0.2) is 79.2 Å². The number of nitrogens with zero attached hydrogens (tertiary/aromatic N) is 4. The van der Waals surface area contributed by atoms with E-state index in [0.29, 0.717) is 31.9 Å². The minimum absolute atomic E-state index is 0.0340. The normalized spacial score (nSPS) is 17.1. The van der Waals surface area contributed by atoms with Crippen molar-refractivity contribution in [1.29, 1.82) is 0 Å². The molecule has 2 aromatic rings. The Morgan fingerprint density at radius 1 is 1.03 bits per heavy atom. The van der Waals surface area contributed by atoms with Crippen LogP contribution < -0.4 is 14.4 Å². The van der Waals surface area contributed by atoms with Crippen molar-refractivity contribution in [3.8, 4) is 11.5 Å². The van der Waals surface area contributed by atoms with Gasteiger partial charge in [-0.15, -0.1) is 0 Å². The first-order valence-electron chi connectivity index (χ1n) is 13.7. The maximum absolute atomic E-state index is 12.9. The lowest BCUT2D eigenvalue weighted by Crippen LogP contribution is -2.48. The first-order valence-corrected chi connectivity index (χ1v) is 13.7. The number of likely N-dealkylation sites (tertiary alicyclic amines) is 1. The fraction of sp³-hybridized carbons (Fsp3) is 0.552. The number of hydrogen-bond acceptors (Lipinski definition) is 7. The number of hydrogen-bond donors (Lipinski definition) is 0. The van der Waals surface area contributed by atoms with Crippen LogP contribution in [-0.2, 0) is 4.79 Å². The van der Waals surface area contributed by atoms with Crippen molar-refractivity contribution >= 4 is 17.3 Å². The summed E-state index contributed by atoms with van der Waals surface area (Å²) in [4.78, 5) is 30.5. The number of piperazine rings is 1. The van der Waals surface area contributed by atoms with Crippen molar-refractivity contribution in [2.75, 3.05) is 57.3 Å². The lowest BCUT2D eigenvalue weighted by Gasteiger charge is -2.37. The molecule has 2 aliphatic heterocycles. The first-order chi connectivity index (χ1) is 18.3. The highest BCUT2D eigenvalue weighted by Gasteiger charge is 2.26. The van der Waals surface area contributed by atoms with Gasteiger partial charge in [-0.25, -0.2) is 0 Å². The van der Waals surface area contributed by atoms with Crippen LogP contribution in [0.25, 0.3) is 0 Å². The zero-order valence-corrected chi connectivity index (χ0v) is 22.8. The third-order valence-electron chi connectivity index (χ3n) is 7.21. The number of aryl methyl sites for hydroxylation is 1. The van der Waals surface area contributed by atoms with Crippen LogP contribution >= 0.6 is 0 Å². The van der Waals surface area contributed by atoms with Crippen LogP contribution in [0.1, 0.15) is 38.7 Å². The van der Waals surface area contributed by atoms with Gasteiger partial charge in [-0.3, -0.25) is 19.8 Å². The molecule has 4 rings (SSSR count). The van der Waals surface area contributed by atoms with E-state index in [9.17, 15) is 14.9 Å².